The van der Waals surface area contributed by atoms with Gasteiger partial charge >= 0.3 is 0 Å². The number of nitrogens with one attached hydrogen (secondary N) is 2. The number of rotatable bonds is 8. The molecule has 0 radical (unpaired) electrons. The Morgan fingerprint density at radius 1 is 1.00 bits per heavy atom. The quantitative estimate of drug-likeness (QED) is 0.565. The Hall–Kier alpha value is -3.15. The van der Waals surface area contributed by atoms with Crippen LogP contribution in [0.15, 0.2) is 42.6 Å². The number of aryl methyl sites for hydroxylation is 2. The van der Waals surface area contributed by atoms with E-state index >= 15 is 0 Å². The summed E-state index contributed by atoms with van der Waals surface area (Å²) >= 11 is 0. The van der Waals surface area contributed by atoms with Gasteiger partial charge in [0.05, 0.1) is 5.69 Å². The summed E-state index contributed by atoms with van der Waals surface area (Å²) in [5.41, 5.74) is 5.21. The highest BCUT2D eigenvalue weighted by molar-refractivity contribution is 5.94. The Balaban J connectivity index is 1.38. The number of nitrogens with zero attached hydrogens (tertiary/aromatic N) is 2. The van der Waals surface area contributed by atoms with Crippen LogP contribution in [0.4, 0.5) is 5.69 Å². The van der Waals surface area contributed by atoms with Crippen LogP contribution in [0, 0.1) is 20.8 Å². The van der Waals surface area contributed by atoms with Gasteiger partial charge in [0.15, 0.2) is 0 Å². The first-order valence-electron chi connectivity index (χ1n) is 10.1. The van der Waals surface area contributed by atoms with E-state index in [0.29, 0.717) is 18.7 Å². The molecule has 0 aliphatic heterocycles. The molecule has 3 aromatic rings. The second-order valence-corrected chi connectivity index (χ2v) is 7.34. The van der Waals surface area contributed by atoms with Crippen LogP contribution in [-0.2, 0) is 4.79 Å². The fourth-order valence-electron chi connectivity index (χ4n) is 3.36. The second-order valence-electron chi connectivity index (χ2n) is 7.34. The van der Waals surface area contributed by atoms with Crippen molar-refractivity contribution < 1.29 is 9.59 Å². The zero-order valence-electron chi connectivity index (χ0n) is 17.3. The summed E-state index contributed by atoms with van der Waals surface area (Å²) in [6, 6.07) is 11.6. The number of anilines is 1. The maximum absolute atomic E-state index is 12.5. The van der Waals surface area contributed by atoms with Gasteiger partial charge in [0.25, 0.3) is 5.91 Å². The first-order chi connectivity index (χ1) is 14.0. The molecular formula is C23H28N4O2. The van der Waals surface area contributed by atoms with Crippen LogP contribution in [0.5, 0.6) is 0 Å². The van der Waals surface area contributed by atoms with Crippen molar-refractivity contribution in [3.05, 3.63) is 65.1 Å². The third-order valence-electron chi connectivity index (χ3n) is 5.16. The number of fused-ring (bicyclic) bond motifs is 1. The second kappa shape index (κ2) is 9.37. The molecule has 0 aliphatic carbocycles. The Bertz CT molecular complexity index is 1020. The van der Waals surface area contributed by atoms with E-state index in [4.69, 9.17) is 0 Å². The first kappa shape index (κ1) is 20.6. The average Bonchev–Trinajstić information content (AvgIpc) is 3.03. The molecule has 0 unspecified atom stereocenters. The number of hydrogen-bond acceptors (Lipinski definition) is 3. The molecule has 152 valence electrons. The molecule has 0 bridgehead atoms. The lowest BCUT2D eigenvalue weighted by Gasteiger charge is -2.10. The van der Waals surface area contributed by atoms with Crippen molar-refractivity contribution in [2.45, 2.75) is 46.5 Å². The SMILES string of the molecule is Cc1cccc(NC(=O)CCCCCNC(=O)c2c(C)nc3ccccn23)c1C. The molecule has 6 nitrogen and oxygen atoms in total. The van der Waals surface area contributed by atoms with Gasteiger partial charge in [-0.3, -0.25) is 14.0 Å². The van der Waals surface area contributed by atoms with Crippen LogP contribution in [-0.4, -0.2) is 27.7 Å². The Morgan fingerprint density at radius 3 is 2.66 bits per heavy atom. The fraction of sp³-hybridized carbons (Fsp3) is 0.348. The molecule has 2 amide bonds. The predicted molar refractivity (Wildman–Crippen MR) is 115 cm³/mol. The maximum atomic E-state index is 12.5. The molecule has 0 saturated heterocycles. The zero-order valence-corrected chi connectivity index (χ0v) is 17.3. The van der Waals surface area contributed by atoms with Gasteiger partial charge in [-0.05, 0) is 62.9 Å². The molecule has 0 aliphatic rings. The number of imidazole rings is 1. The average molecular weight is 393 g/mol. The molecule has 1 aromatic carbocycles. The largest absolute Gasteiger partial charge is 0.351 e. The molecule has 0 spiro atoms. The summed E-state index contributed by atoms with van der Waals surface area (Å²) in [5.74, 6) is -0.0852. The summed E-state index contributed by atoms with van der Waals surface area (Å²) < 4.78 is 1.81. The van der Waals surface area contributed by atoms with E-state index in [1.54, 1.807) is 0 Å². The van der Waals surface area contributed by atoms with Gasteiger partial charge in [-0.1, -0.05) is 24.6 Å². The fourth-order valence-corrected chi connectivity index (χ4v) is 3.36. The van der Waals surface area contributed by atoms with Crippen LogP contribution < -0.4 is 10.6 Å². The van der Waals surface area contributed by atoms with Crippen molar-refractivity contribution in [2.75, 3.05) is 11.9 Å². The predicted octanol–water partition coefficient (Wildman–Crippen LogP) is 4.19. The minimum atomic E-state index is -0.117. The van der Waals surface area contributed by atoms with Crippen molar-refractivity contribution in [2.24, 2.45) is 0 Å². The number of amides is 2. The smallest absolute Gasteiger partial charge is 0.270 e. The number of pyridine rings is 1. The summed E-state index contributed by atoms with van der Waals surface area (Å²) in [6.07, 6.45) is 4.83. The van der Waals surface area contributed by atoms with Gasteiger partial charge in [0, 0.05) is 24.8 Å². The summed E-state index contributed by atoms with van der Waals surface area (Å²) in [6.45, 7) is 6.47. The monoisotopic (exact) mass is 392 g/mol. The van der Waals surface area contributed by atoms with Crippen molar-refractivity contribution >= 4 is 23.1 Å². The van der Waals surface area contributed by atoms with E-state index in [0.717, 1.165) is 41.9 Å². The zero-order chi connectivity index (χ0) is 20.8. The Morgan fingerprint density at radius 2 is 1.83 bits per heavy atom. The number of hydrogen-bond donors (Lipinski definition) is 2. The van der Waals surface area contributed by atoms with Gasteiger partial charge in [-0.15, -0.1) is 0 Å². The summed E-state index contributed by atoms with van der Waals surface area (Å²) in [5, 5.41) is 5.94. The molecular weight excluding hydrogens is 364 g/mol. The maximum Gasteiger partial charge on any atom is 0.270 e. The first-order valence-corrected chi connectivity index (χ1v) is 10.1. The van der Waals surface area contributed by atoms with Crippen LogP contribution in [0.2, 0.25) is 0 Å². The standard InChI is InChI=1S/C23H28N4O2/c1-16-10-9-11-19(17(16)2)26-21(28)13-5-4-7-14-24-23(29)22-18(3)25-20-12-6-8-15-27(20)22/h6,8-12,15H,4-5,7,13-14H2,1-3H3,(H,24,29)(H,26,28). The molecule has 2 aromatic heterocycles. The summed E-state index contributed by atoms with van der Waals surface area (Å²) in [4.78, 5) is 29.1. The Kier molecular flexibility index (Phi) is 6.65. The number of carbonyl (C=O) groups is 2. The summed E-state index contributed by atoms with van der Waals surface area (Å²) in [7, 11) is 0. The van der Waals surface area contributed by atoms with Crippen molar-refractivity contribution in [1.29, 1.82) is 0 Å². The number of unbranched alkanes of at least 4 members (excludes halogenated alkanes) is 2. The molecule has 2 heterocycles. The number of benzene rings is 1. The third-order valence-corrected chi connectivity index (χ3v) is 5.16. The number of aromatic nitrogens is 2. The highest BCUT2D eigenvalue weighted by Gasteiger charge is 2.15. The van der Waals surface area contributed by atoms with Crippen LogP contribution in [0.1, 0.15) is 53.0 Å². The highest BCUT2D eigenvalue weighted by atomic mass is 16.2. The van der Waals surface area contributed by atoms with Gasteiger partial charge in [-0.25, -0.2) is 4.98 Å². The topological polar surface area (TPSA) is 75.5 Å². The van der Waals surface area contributed by atoms with E-state index in [9.17, 15) is 9.59 Å². The normalized spacial score (nSPS) is 10.9. The van der Waals surface area contributed by atoms with E-state index in [-0.39, 0.29) is 11.8 Å². The van der Waals surface area contributed by atoms with E-state index in [1.165, 1.54) is 5.56 Å². The van der Waals surface area contributed by atoms with Gasteiger partial charge in [-0.2, -0.15) is 0 Å². The van der Waals surface area contributed by atoms with Gasteiger partial charge < -0.3 is 10.6 Å². The van der Waals surface area contributed by atoms with Crippen molar-refractivity contribution in [3.63, 3.8) is 0 Å². The third kappa shape index (κ3) is 5.02. The molecule has 0 fully saturated rings. The van der Waals surface area contributed by atoms with Gasteiger partial charge in [0.1, 0.15) is 11.3 Å². The number of carbonyl (C=O) groups excluding carboxylic acids is 2. The molecule has 3 rings (SSSR count). The van der Waals surface area contributed by atoms with Gasteiger partial charge in [0.2, 0.25) is 5.91 Å². The van der Waals surface area contributed by atoms with Crippen LogP contribution >= 0.6 is 0 Å². The van der Waals surface area contributed by atoms with Crippen molar-refractivity contribution in [1.82, 2.24) is 14.7 Å². The van der Waals surface area contributed by atoms with E-state index in [1.807, 2.05) is 67.8 Å². The van der Waals surface area contributed by atoms with Crippen LogP contribution in [0.3, 0.4) is 0 Å². The lowest BCUT2D eigenvalue weighted by molar-refractivity contribution is -0.116. The molecule has 0 atom stereocenters. The molecule has 2 N–H and O–H groups in total. The molecule has 6 heteroatoms. The van der Waals surface area contributed by atoms with Crippen molar-refractivity contribution in [3.8, 4) is 0 Å². The lowest BCUT2D eigenvalue weighted by atomic mass is 10.1. The molecule has 29 heavy (non-hydrogen) atoms. The lowest BCUT2D eigenvalue weighted by Crippen LogP contribution is -2.26. The van der Waals surface area contributed by atoms with Crippen LogP contribution in [0.25, 0.3) is 5.65 Å². The highest BCUT2D eigenvalue weighted by Crippen LogP contribution is 2.18. The minimum Gasteiger partial charge on any atom is -0.351 e. The Labute approximate surface area is 171 Å². The van der Waals surface area contributed by atoms with E-state index in [2.05, 4.69) is 15.6 Å². The van der Waals surface area contributed by atoms with E-state index < -0.39 is 0 Å². The molecule has 0 saturated carbocycles. The minimum absolute atomic E-state index is 0.0316.